The fourth-order valence-electron chi connectivity index (χ4n) is 1.53. The van der Waals surface area contributed by atoms with Gasteiger partial charge in [-0.1, -0.05) is 29.5 Å². The minimum atomic E-state index is -4.53. The summed E-state index contributed by atoms with van der Waals surface area (Å²) in [6.45, 7) is 1.92. The van der Waals surface area contributed by atoms with Crippen LogP contribution in [0.5, 0.6) is 0 Å². The summed E-state index contributed by atoms with van der Waals surface area (Å²) in [6.07, 6.45) is -3.50. The van der Waals surface area contributed by atoms with Gasteiger partial charge in [-0.25, -0.2) is 9.97 Å². The van der Waals surface area contributed by atoms with Crippen molar-refractivity contribution < 1.29 is 18.0 Å². The Morgan fingerprint density at radius 2 is 1.91 bits per heavy atom. The second-order valence-electron chi connectivity index (χ2n) is 4.43. The number of carbonyl (C=O) groups is 1. The topological polar surface area (TPSA) is 54.9 Å². The van der Waals surface area contributed by atoms with Crippen molar-refractivity contribution in [2.45, 2.75) is 18.3 Å². The lowest BCUT2D eigenvalue weighted by molar-refractivity contribution is -0.141. The number of carbonyl (C=O) groups excluding carboxylic acids is 1. The zero-order chi connectivity index (χ0) is 16.2. The van der Waals surface area contributed by atoms with E-state index in [1.807, 2.05) is 19.1 Å². The van der Waals surface area contributed by atoms with Crippen LogP contribution in [-0.4, -0.2) is 21.6 Å². The van der Waals surface area contributed by atoms with Crippen LogP contribution in [-0.2, 0) is 11.0 Å². The van der Waals surface area contributed by atoms with Crippen molar-refractivity contribution in [3.63, 3.8) is 0 Å². The van der Waals surface area contributed by atoms with E-state index in [0.29, 0.717) is 5.69 Å². The lowest BCUT2D eigenvalue weighted by Gasteiger charge is -2.07. The van der Waals surface area contributed by atoms with Crippen LogP contribution in [0.25, 0.3) is 0 Å². The molecule has 0 atom stereocenters. The van der Waals surface area contributed by atoms with E-state index in [-0.39, 0.29) is 16.8 Å². The van der Waals surface area contributed by atoms with Crippen molar-refractivity contribution in [2.24, 2.45) is 0 Å². The number of aromatic nitrogens is 2. The molecule has 0 spiro atoms. The van der Waals surface area contributed by atoms with E-state index in [0.717, 1.165) is 29.6 Å². The van der Waals surface area contributed by atoms with E-state index < -0.39 is 11.9 Å². The first-order valence-electron chi connectivity index (χ1n) is 6.24. The van der Waals surface area contributed by atoms with Gasteiger partial charge in [-0.05, 0) is 25.1 Å². The van der Waals surface area contributed by atoms with Crippen molar-refractivity contribution >= 4 is 23.4 Å². The van der Waals surface area contributed by atoms with Crippen LogP contribution in [0.3, 0.4) is 0 Å². The molecular weight excluding hydrogens is 315 g/mol. The second kappa shape index (κ2) is 6.78. The average molecular weight is 327 g/mol. The number of nitrogens with zero attached hydrogens (tertiary/aromatic N) is 2. The standard InChI is InChI=1S/C14H12F3N3OS/c1-9-2-4-10(5-3-9)19-12(21)8-22-13-18-7-6-11(20-13)14(15,16)17/h2-7H,8H2,1H3,(H,19,21). The van der Waals surface area contributed by atoms with E-state index in [2.05, 4.69) is 15.3 Å². The number of nitrogens with one attached hydrogen (secondary N) is 1. The van der Waals surface area contributed by atoms with E-state index >= 15 is 0 Å². The maximum absolute atomic E-state index is 12.5. The van der Waals surface area contributed by atoms with Crippen LogP contribution in [0, 0.1) is 6.92 Å². The van der Waals surface area contributed by atoms with Crippen molar-refractivity contribution in [2.75, 3.05) is 11.1 Å². The molecule has 0 aliphatic heterocycles. The number of benzene rings is 1. The molecule has 1 amide bonds. The molecule has 0 radical (unpaired) electrons. The summed E-state index contributed by atoms with van der Waals surface area (Å²) < 4.78 is 37.5. The zero-order valence-electron chi connectivity index (χ0n) is 11.5. The third kappa shape index (κ3) is 4.73. The smallest absolute Gasteiger partial charge is 0.325 e. The highest BCUT2D eigenvalue weighted by Gasteiger charge is 2.32. The van der Waals surface area contributed by atoms with Gasteiger partial charge in [-0.15, -0.1) is 0 Å². The monoisotopic (exact) mass is 327 g/mol. The highest BCUT2D eigenvalue weighted by atomic mass is 32.2. The molecule has 0 fully saturated rings. The molecule has 116 valence electrons. The van der Waals surface area contributed by atoms with E-state index in [1.165, 1.54) is 0 Å². The number of halogens is 3. The van der Waals surface area contributed by atoms with E-state index in [9.17, 15) is 18.0 Å². The maximum Gasteiger partial charge on any atom is 0.433 e. The minimum Gasteiger partial charge on any atom is -0.325 e. The van der Waals surface area contributed by atoms with Crippen LogP contribution in [0.1, 0.15) is 11.3 Å². The number of hydrogen-bond acceptors (Lipinski definition) is 4. The van der Waals surface area contributed by atoms with Gasteiger partial charge in [0.2, 0.25) is 5.91 Å². The van der Waals surface area contributed by atoms with Gasteiger partial charge in [0.25, 0.3) is 0 Å². The number of amides is 1. The Labute approximate surface area is 129 Å². The first kappa shape index (κ1) is 16.3. The van der Waals surface area contributed by atoms with Crippen LogP contribution in [0.4, 0.5) is 18.9 Å². The highest BCUT2D eigenvalue weighted by Crippen LogP contribution is 2.28. The molecule has 22 heavy (non-hydrogen) atoms. The number of aryl methyl sites for hydroxylation is 1. The zero-order valence-corrected chi connectivity index (χ0v) is 12.3. The Morgan fingerprint density at radius 1 is 1.23 bits per heavy atom. The number of rotatable bonds is 4. The molecule has 2 rings (SSSR count). The summed E-state index contributed by atoms with van der Waals surface area (Å²) >= 11 is 0.847. The fourth-order valence-corrected chi connectivity index (χ4v) is 2.16. The molecule has 0 bridgehead atoms. The first-order chi connectivity index (χ1) is 10.3. The van der Waals surface area contributed by atoms with Gasteiger partial charge in [0.1, 0.15) is 5.69 Å². The largest absolute Gasteiger partial charge is 0.433 e. The molecule has 8 heteroatoms. The van der Waals surface area contributed by atoms with Crippen molar-refractivity contribution in [1.29, 1.82) is 0 Å². The lowest BCUT2D eigenvalue weighted by Crippen LogP contribution is -2.14. The molecule has 0 aliphatic rings. The number of hydrogen-bond donors (Lipinski definition) is 1. The molecule has 4 nitrogen and oxygen atoms in total. The summed E-state index contributed by atoms with van der Waals surface area (Å²) in [6, 6.07) is 7.98. The molecule has 1 heterocycles. The van der Waals surface area contributed by atoms with Gasteiger partial charge in [0.05, 0.1) is 5.75 Å². The third-order valence-corrected chi connectivity index (χ3v) is 3.45. The van der Waals surface area contributed by atoms with Gasteiger partial charge in [-0.2, -0.15) is 13.2 Å². The molecule has 2 aromatic rings. The Kier molecular flexibility index (Phi) is 5.02. The number of alkyl halides is 3. The van der Waals surface area contributed by atoms with E-state index in [1.54, 1.807) is 12.1 Å². The summed E-state index contributed by atoms with van der Waals surface area (Å²) in [7, 11) is 0. The molecule has 1 N–H and O–H groups in total. The third-order valence-electron chi connectivity index (χ3n) is 2.59. The Hall–Kier alpha value is -2.09. The van der Waals surface area contributed by atoms with Crippen LogP contribution >= 0.6 is 11.8 Å². The molecule has 1 aromatic carbocycles. The van der Waals surface area contributed by atoms with Crippen LogP contribution < -0.4 is 5.32 Å². The number of thioether (sulfide) groups is 1. The van der Waals surface area contributed by atoms with Gasteiger partial charge >= 0.3 is 6.18 Å². The predicted molar refractivity (Wildman–Crippen MR) is 77.6 cm³/mol. The summed E-state index contributed by atoms with van der Waals surface area (Å²) in [5.41, 5.74) is 0.662. The van der Waals surface area contributed by atoms with Gasteiger partial charge < -0.3 is 5.32 Å². The van der Waals surface area contributed by atoms with Crippen molar-refractivity contribution in [1.82, 2.24) is 9.97 Å². The van der Waals surface area contributed by atoms with Gasteiger partial charge in [-0.3, -0.25) is 4.79 Å². The SMILES string of the molecule is Cc1ccc(NC(=O)CSc2nccc(C(F)(F)F)n2)cc1. The highest BCUT2D eigenvalue weighted by molar-refractivity contribution is 7.99. The fraction of sp³-hybridized carbons (Fsp3) is 0.214. The molecular formula is C14H12F3N3OS. The van der Waals surface area contributed by atoms with Crippen molar-refractivity contribution in [3.8, 4) is 0 Å². The Morgan fingerprint density at radius 3 is 2.55 bits per heavy atom. The van der Waals surface area contributed by atoms with Gasteiger partial charge in [0.15, 0.2) is 5.16 Å². The minimum absolute atomic E-state index is 0.0742. The molecule has 0 aliphatic carbocycles. The summed E-state index contributed by atoms with van der Waals surface area (Å²) in [5.74, 6) is -0.412. The lowest BCUT2D eigenvalue weighted by atomic mass is 10.2. The quantitative estimate of drug-likeness (QED) is 0.689. The first-order valence-corrected chi connectivity index (χ1v) is 7.23. The predicted octanol–water partition coefficient (Wildman–Crippen LogP) is 3.53. The molecule has 1 aromatic heterocycles. The van der Waals surface area contributed by atoms with Crippen molar-refractivity contribution in [3.05, 3.63) is 47.8 Å². The van der Waals surface area contributed by atoms with Crippen LogP contribution in [0.15, 0.2) is 41.7 Å². The second-order valence-corrected chi connectivity index (χ2v) is 5.37. The van der Waals surface area contributed by atoms with E-state index in [4.69, 9.17) is 0 Å². The molecule has 0 unspecified atom stereocenters. The number of anilines is 1. The summed E-state index contributed by atoms with van der Waals surface area (Å²) in [5, 5.41) is 2.56. The maximum atomic E-state index is 12.5. The Bertz CT molecular complexity index is 659. The Balaban J connectivity index is 1.92. The van der Waals surface area contributed by atoms with Crippen LogP contribution in [0.2, 0.25) is 0 Å². The average Bonchev–Trinajstić information content (AvgIpc) is 2.47. The summed E-state index contributed by atoms with van der Waals surface area (Å²) in [4.78, 5) is 18.8. The van der Waals surface area contributed by atoms with Gasteiger partial charge in [0, 0.05) is 11.9 Å². The molecule has 0 saturated carbocycles. The normalized spacial score (nSPS) is 11.3. The molecule has 0 saturated heterocycles.